The van der Waals surface area contributed by atoms with Crippen LogP contribution >= 0.6 is 0 Å². The summed E-state index contributed by atoms with van der Waals surface area (Å²) in [6, 6.07) is 4.18. The summed E-state index contributed by atoms with van der Waals surface area (Å²) < 4.78 is 7.75. The van der Waals surface area contributed by atoms with E-state index in [9.17, 15) is 4.79 Å². The van der Waals surface area contributed by atoms with E-state index in [4.69, 9.17) is 4.42 Å². The number of aryl methyl sites for hydroxylation is 3. The van der Waals surface area contributed by atoms with E-state index in [1.54, 1.807) is 4.68 Å². The second kappa shape index (κ2) is 7.69. The Kier molecular flexibility index (Phi) is 5.38. The first-order chi connectivity index (χ1) is 11.7. The third kappa shape index (κ3) is 3.89. The van der Waals surface area contributed by atoms with Crippen LogP contribution in [0.2, 0.25) is 0 Å². The van der Waals surface area contributed by atoms with Crippen LogP contribution in [0.1, 0.15) is 62.2 Å². The summed E-state index contributed by atoms with van der Waals surface area (Å²) in [5.74, 6) is 2.17. The first-order valence-corrected chi connectivity index (χ1v) is 9.03. The van der Waals surface area contributed by atoms with Crippen molar-refractivity contribution in [1.82, 2.24) is 14.7 Å². The van der Waals surface area contributed by atoms with Crippen LogP contribution in [-0.4, -0.2) is 27.1 Å². The van der Waals surface area contributed by atoms with E-state index in [1.807, 2.05) is 30.4 Å². The number of hydrogen-bond acceptors (Lipinski definition) is 3. The largest absolute Gasteiger partial charge is 0.464 e. The van der Waals surface area contributed by atoms with Crippen molar-refractivity contribution in [2.75, 3.05) is 6.54 Å². The summed E-state index contributed by atoms with van der Waals surface area (Å²) >= 11 is 0. The van der Waals surface area contributed by atoms with Crippen molar-refractivity contribution in [3.05, 3.63) is 41.6 Å². The highest BCUT2D eigenvalue weighted by Gasteiger charge is 2.28. The van der Waals surface area contributed by atoms with Crippen molar-refractivity contribution in [3.63, 3.8) is 0 Å². The van der Waals surface area contributed by atoms with Gasteiger partial charge in [-0.25, -0.2) is 0 Å². The minimum absolute atomic E-state index is 0.0919. The zero-order valence-electron chi connectivity index (χ0n) is 14.7. The number of carbonyl (C=O) groups is 1. The highest BCUT2D eigenvalue weighted by molar-refractivity contribution is 5.77. The standard InChI is InChI=1S/C19H27N3O2/c1-3-16-9-10-18(24-16)17-7-5-4-6-12-22(17)19(23)11-8-15-13-20-21(2)14-15/h9-10,13-14,17H,3-8,11-12H2,1-2H3/t17-/m0/s1. The monoisotopic (exact) mass is 329 g/mol. The summed E-state index contributed by atoms with van der Waals surface area (Å²) in [4.78, 5) is 14.9. The maximum atomic E-state index is 12.8. The van der Waals surface area contributed by atoms with E-state index in [0.717, 1.165) is 55.7 Å². The lowest BCUT2D eigenvalue weighted by molar-refractivity contribution is -0.134. The van der Waals surface area contributed by atoms with Crippen LogP contribution in [0.5, 0.6) is 0 Å². The van der Waals surface area contributed by atoms with E-state index in [1.165, 1.54) is 6.42 Å². The molecule has 0 radical (unpaired) electrons. The van der Waals surface area contributed by atoms with Crippen molar-refractivity contribution >= 4 is 5.91 Å². The fourth-order valence-electron chi connectivity index (χ4n) is 3.46. The van der Waals surface area contributed by atoms with Gasteiger partial charge in [-0.1, -0.05) is 19.8 Å². The second-order valence-electron chi connectivity index (χ2n) is 6.63. The van der Waals surface area contributed by atoms with E-state index < -0.39 is 0 Å². The highest BCUT2D eigenvalue weighted by Crippen LogP contribution is 2.32. The van der Waals surface area contributed by atoms with Gasteiger partial charge in [0.1, 0.15) is 11.5 Å². The molecule has 2 aromatic rings. The van der Waals surface area contributed by atoms with Gasteiger partial charge in [-0.05, 0) is 37.0 Å². The zero-order valence-corrected chi connectivity index (χ0v) is 14.7. The maximum Gasteiger partial charge on any atom is 0.223 e. The first-order valence-electron chi connectivity index (χ1n) is 9.03. The molecule has 0 spiro atoms. The average Bonchev–Trinajstić information content (AvgIpc) is 3.15. The molecular weight excluding hydrogens is 302 g/mol. The predicted molar refractivity (Wildman–Crippen MR) is 92.5 cm³/mol. The smallest absolute Gasteiger partial charge is 0.223 e. The van der Waals surface area contributed by atoms with Crippen molar-refractivity contribution in [2.45, 2.75) is 57.9 Å². The average molecular weight is 329 g/mol. The van der Waals surface area contributed by atoms with Gasteiger partial charge in [0.05, 0.1) is 12.2 Å². The molecule has 130 valence electrons. The predicted octanol–water partition coefficient (Wildman–Crippen LogP) is 3.65. The maximum absolute atomic E-state index is 12.8. The molecule has 1 amide bonds. The minimum Gasteiger partial charge on any atom is -0.464 e. The number of hydrogen-bond donors (Lipinski definition) is 0. The highest BCUT2D eigenvalue weighted by atomic mass is 16.3. The number of aromatic nitrogens is 2. The van der Waals surface area contributed by atoms with E-state index >= 15 is 0 Å². The first kappa shape index (κ1) is 16.8. The molecule has 2 aromatic heterocycles. The Morgan fingerprint density at radius 3 is 2.92 bits per heavy atom. The molecule has 1 atom stereocenters. The number of amides is 1. The third-order valence-corrected chi connectivity index (χ3v) is 4.82. The Morgan fingerprint density at radius 1 is 1.33 bits per heavy atom. The van der Waals surface area contributed by atoms with Gasteiger partial charge in [-0.2, -0.15) is 5.10 Å². The molecule has 3 rings (SSSR count). The molecule has 1 aliphatic rings. The zero-order chi connectivity index (χ0) is 16.9. The van der Waals surface area contributed by atoms with Gasteiger partial charge in [-0.15, -0.1) is 0 Å². The Bertz CT molecular complexity index is 674. The molecule has 5 heteroatoms. The number of nitrogens with zero attached hydrogens (tertiary/aromatic N) is 3. The van der Waals surface area contributed by atoms with Crippen molar-refractivity contribution in [1.29, 1.82) is 0 Å². The SMILES string of the molecule is CCc1ccc([C@@H]2CCCCCN2C(=O)CCc2cnn(C)c2)o1. The molecule has 3 heterocycles. The number of rotatable bonds is 5. The van der Waals surface area contributed by atoms with Crippen molar-refractivity contribution in [2.24, 2.45) is 7.05 Å². The molecule has 1 aliphatic heterocycles. The van der Waals surface area contributed by atoms with Gasteiger partial charge in [0, 0.05) is 32.6 Å². The molecule has 0 saturated carbocycles. The van der Waals surface area contributed by atoms with E-state index in [-0.39, 0.29) is 11.9 Å². The van der Waals surface area contributed by atoms with Crippen LogP contribution in [0.25, 0.3) is 0 Å². The summed E-state index contributed by atoms with van der Waals surface area (Å²) in [7, 11) is 1.90. The number of likely N-dealkylation sites (tertiary alicyclic amines) is 1. The van der Waals surface area contributed by atoms with Crippen molar-refractivity contribution in [3.8, 4) is 0 Å². The Labute approximate surface area is 143 Å². The van der Waals surface area contributed by atoms with E-state index in [0.29, 0.717) is 6.42 Å². The number of furan rings is 1. The molecular formula is C19H27N3O2. The summed E-state index contributed by atoms with van der Waals surface area (Å²) in [6.07, 6.45) is 10.4. The van der Waals surface area contributed by atoms with Gasteiger partial charge in [-0.3, -0.25) is 9.48 Å². The lowest BCUT2D eigenvalue weighted by atomic mass is 10.1. The molecule has 0 unspecified atom stereocenters. The quantitative estimate of drug-likeness (QED) is 0.841. The summed E-state index contributed by atoms with van der Waals surface area (Å²) in [5.41, 5.74) is 1.11. The van der Waals surface area contributed by atoms with Gasteiger partial charge >= 0.3 is 0 Å². The third-order valence-electron chi connectivity index (χ3n) is 4.82. The van der Waals surface area contributed by atoms with Gasteiger partial charge in [0.15, 0.2) is 0 Å². The molecule has 0 bridgehead atoms. The van der Waals surface area contributed by atoms with Gasteiger partial charge < -0.3 is 9.32 Å². The molecule has 0 aliphatic carbocycles. The Morgan fingerprint density at radius 2 is 2.21 bits per heavy atom. The van der Waals surface area contributed by atoms with Crippen molar-refractivity contribution < 1.29 is 9.21 Å². The molecule has 0 N–H and O–H groups in total. The fraction of sp³-hybridized carbons (Fsp3) is 0.579. The minimum atomic E-state index is 0.0919. The Balaban J connectivity index is 1.70. The molecule has 5 nitrogen and oxygen atoms in total. The molecule has 24 heavy (non-hydrogen) atoms. The van der Waals surface area contributed by atoms with Crippen LogP contribution < -0.4 is 0 Å². The topological polar surface area (TPSA) is 51.3 Å². The molecule has 0 aromatic carbocycles. The molecule has 1 saturated heterocycles. The van der Waals surface area contributed by atoms with Crippen LogP contribution in [-0.2, 0) is 24.7 Å². The Hall–Kier alpha value is -2.04. The lowest BCUT2D eigenvalue weighted by Crippen LogP contribution is -2.34. The van der Waals surface area contributed by atoms with Gasteiger partial charge in [0.25, 0.3) is 0 Å². The van der Waals surface area contributed by atoms with Crippen LogP contribution in [0, 0.1) is 0 Å². The summed E-state index contributed by atoms with van der Waals surface area (Å²) in [5, 5.41) is 4.17. The van der Waals surface area contributed by atoms with Crippen LogP contribution in [0.15, 0.2) is 28.9 Å². The lowest BCUT2D eigenvalue weighted by Gasteiger charge is -2.28. The summed E-state index contributed by atoms with van der Waals surface area (Å²) in [6.45, 7) is 2.92. The second-order valence-corrected chi connectivity index (χ2v) is 6.63. The molecule has 1 fully saturated rings. The van der Waals surface area contributed by atoms with Crippen LogP contribution in [0.3, 0.4) is 0 Å². The fourth-order valence-corrected chi connectivity index (χ4v) is 3.46. The van der Waals surface area contributed by atoms with E-state index in [2.05, 4.69) is 18.1 Å². The number of carbonyl (C=O) groups excluding carboxylic acids is 1. The normalized spacial score (nSPS) is 18.6. The van der Waals surface area contributed by atoms with Gasteiger partial charge in [0.2, 0.25) is 5.91 Å². The van der Waals surface area contributed by atoms with Crippen LogP contribution in [0.4, 0.5) is 0 Å².